The van der Waals surface area contributed by atoms with E-state index in [2.05, 4.69) is 40.8 Å². The van der Waals surface area contributed by atoms with Crippen molar-refractivity contribution in [1.29, 1.82) is 0 Å². The molecule has 2 aromatic rings. The van der Waals surface area contributed by atoms with Crippen molar-refractivity contribution in [2.24, 2.45) is 0 Å². The first kappa shape index (κ1) is 10.2. The first-order chi connectivity index (χ1) is 7.40. The van der Waals surface area contributed by atoms with Gasteiger partial charge in [-0.15, -0.1) is 11.3 Å². The van der Waals surface area contributed by atoms with E-state index in [1.165, 1.54) is 10.4 Å². The van der Waals surface area contributed by atoms with Gasteiger partial charge in [0.25, 0.3) is 0 Å². The molecule has 0 spiro atoms. The standard InChI is InChI=1S/C12H14N2S/c1-2-10-5-3-7-13-12(10)14-9-11-6-4-8-15-11/h3-8H,2,9H2,1H3,(H,13,14). The molecule has 78 valence electrons. The van der Waals surface area contributed by atoms with Gasteiger partial charge in [-0.3, -0.25) is 0 Å². The Kier molecular flexibility index (Phi) is 3.35. The first-order valence-corrected chi connectivity index (χ1v) is 5.98. The second kappa shape index (κ2) is 4.94. The monoisotopic (exact) mass is 218 g/mol. The van der Waals surface area contributed by atoms with E-state index in [0.717, 1.165) is 18.8 Å². The number of nitrogens with one attached hydrogen (secondary N) is 1. The zero-order valence-electron chi connectivity index (χ0n) is 8.73. The van der Waals surface area contributed by atoms with Gasteiger partial charge in [0.05, 0.1) is 6.54 Å². The Morgan fingerprint density at radius 3 is 3.00 bits per heavy atom. The smallest absolute Gasteiger partial charge is 0.129 e. The van der Waals surface area contributed by atoms with Crippen LogP contribution >= 0.6 is 11.3 Å². The number of rotatable bonds is 4. The van der Waals surface area contributed by atoms with Crippen LogP contribution in [0.1, 0.15) is 17.4 Å². The molecule has 0 unspecified atom stereocenters. The van der Waals surface area contributed by atoms with Gasteiger partial charge in [0.2, 0.25) is 0 Å². The number of hydrogen-bond acceptors (Lipinski definition) is 3. The van der Waals surface area contributed by atoms with E-state index >= 15 is 0 Å². The summed E-state index contributed by atoms with van der Waals surface area (Å²) in [5.74, 6) is 1.01. The molecular formula is C12H14N2S. The SMILES string of the molecule is CCc1cccnc1NCc1cccs1. The Morgan fingerprint density at radius 1 is 1.33 bits per heavy atom. The van der Waals surface area contributed by atoms with Crippen LogP contribution in [0, 0.1) is 0 Å². The molecule has 0 saturated carbocycles. The van der Waals surface area contributed by atoms with E-state index in [-0.39, 0.29) is 0 Å². The summed E-state index contributed by atoms with van der Waals surface area (Å²) in [6.45, 7) is 3.01. The number of hydrogen-bond donors (Lipinski definition) is 1. The molecule has 0 aliphatic rings. The lowest BCUT2D eigenvalue weighted by Crippen LogP contribution is -2.02. The fraction of sp³-hybridized carbons (Fsp3) is 0.250. The molecule has 1 N–H and O–H groups in total. The van der Waals surface area contributed by atoms with E-state index < -0.39 is 0 Å². The lowest BCUT2D eigenvalue weighted by atomic mass is 10.2. The molecule has 0 fully saturated rings. The van der Waals surface area contributed by atoms with Crippen molar-refractivity contribution in [3.05, 3.63) is 46.3 Å². The van der Waals surface area contributed by atoms with Crippen molar-refractivity contribution >= 4 is 17.2 Å². The van der Waals surface area contributed by atoms with Gasteiger partial charge in [-0.2, -0.15) is 0 Å². The molecule has 2 rings (SSSR count). The van der Waals surface area contributed by atoms with Crippen LogP contribution in [-0.2, 0) is 13.0 Å². The van der Waals surface area contributed by atoms with Crippen molar-refractivity contribution in [2.45, 2.75) is 19.9 Å². The van der Waals surface area contributed by atoms with Crippen molar-refractivity contribution in [1.82, 2.24) is 4.98 Å². The topological polar surface area (TPSA) is 24.9 Å². The van der Waals surface area contributed by atoms with E-state index in [4.69, 9.17) is 0 Å². The van der Waals surface area contributed by atoms with Crippen LogP contribution in [0.4, 0.5) is 5.82 Å². The number of anilines is 1. The number of aromatic nitrogens is 1. The largest absolute Gasteiger partial charge is 0.365 e. The zero-order valence-corrected chi connectivity index (χ0v) is 9.55. The molecule has 3 heteroatoms. The number of pyridine rings is 1. The predicted molar refractivity (Wildman–Crippen MR) is 65.3 cm³/mol. The Hall–Kier alpha value is -1.35. The molecule has 0 bridgehead atoms. The van der Waals surface area contributed by atoms with Gasteiger partial charge in [0.15, 0.2) is 0 Å². The summed E-state index contributed by atoms with van der Waals surface area (Å²) < 4.78 is 0. The fourth-order valence-electron chi connectivity index (χ4n) is 1.47. The third kappa shape index (κ3) is 2.57. The van der Waals surface area contributed by atoms with Gasteiger partial charge < -0.3 is 5.32 Å². The molecule has 2 aromatic heterocycles. The highest BCUT2D eigenvalue weighted by Gasteiger charge is 2.00. The van der Waals surface area contributed by atoms with Crippen molar-refractivity contribution in [3.63, 3.8) is 0 Å². The number of thiophene rings is 1. The number of nitrogens with zero attached hydrogens (tertiary/aromatic N) is 1. The summed E-state index contributed by atoms with van der Waals surface area (Å²) in [6, 6.07) is 8.30. The molecule has 0 amide bonds. The maximum absolute atomic E-state index is 4.34. The van der Waals surface area contributed by atoms with E-state index in [1.807, 2.05) is 12.3 Å². The number of aryl methyl sites for hydroxylation is 1. The zero-order chi connectivity index (χ0) is 10.5. The second-order valence-electron chi connectivity index (χ2n) is 3.30. The molecule has 0 aliphatic carbocycles. The average Bonchev–Trinajstić information content (AvgIpc) is 2.79. The fourth-order valence-corrected chi connectivity index (χ4v) is 2.11. The minimum absolute atomic E-state index is 0.863. The van der Waals surface area contributed by atoms with Gasteiger partial charge in [-0.1, -0.05) is 19.1 Å². The van der Waals surface area contributed by atoms with Crippen molar-refractivity contribution < 1.29 is 0 Å². The highest BCUT2D eigenvalue weighted by atomic mass is 32.1. The molecular weight excluding hydrogens is 204 g/mol. The molecule has 15 heavy (non-hydrogen) atoms. The molecule has 0 aromatic carbocycles. The Labute approximate surface area is 94.0 Å². The molecule has 2 heterocycles. The van der Waals surface area contributed by atoms with E-state index in [0.29, 0.717) is 0 Å². The van der Waals surface area contributed by atoms with Crippen LogP contribution in [0.2, 0.25) is 0 Å². The molecule has 0 radical (unpaired) electrons. The highest BCUT2D eigenvalue weighted by molar-refractivity contribution is 7.09. The summed E-state index contributed by atoms with van der Waals surface area (Å²) in [5.41, 5.74) is 1.27. The first-order valence-electron chi connectivity index (χ1n) is 5.10. The van der Waals surface area contributed by atoms with Crippen LogP contribution in [0.25, 0.3) is 0 Å². The normalized spacial score (nSPS) is 10.2. The molecule has 2 nitrogen and oxygen atoms in total. The third-order valence-corrected chi connectivity index (χ3v) is 3.16. The summed E-state index contributed by atoms with van der Waals surface area (Å²) in [5, 5.41) is 5.46. The Balaban J connectivity index is 2.04. The van der Waals surface area contributed by atoms with E-state index in [9.17, 15) is 0 Å². The van der Waals surface area contributed by atoms with Crippen LogP contribution in [0.3, 0.4) is 0 Å². The van der Waals surface area contributed by atoms with Gasteiger partial charge in [-0.05, 0) is 29.5 Å². The summed E-state index contributed by atoms with van der Waals surface area (Å²) >= 11 is 1.77. The van der Waals surface area contributed by atoms with Crippen LogP contribution in [0.15, 0.2) is 35.8 Å². The predicted octanol–water partition coefficient (Wildman–Crippen LogP) is 3.32. The third-order valence-electron chi connectivity index (χ3n) is 2.28. The highest BCUT2D eigenvalue weighted by Crippen LogP contribution is 2.15. The van der Waals surface area contributed by atoms with Crippen molar-refractivity contribution in [3.8, 4) is 0 Å². The van der Waals surface area contributed by atoms with Crippen LogP contribution < -0.4 is 5.32 Å². The Bertz CT molecular complexity index is 409. The lowest BCUT2D eigenvalue weighted by molar-refractivity contribution is 1.06. The summed E-state index contributed by atoms with van der Waals surface area (Å²) in [6.07, 6.45) is 2.84. The van der Waals surface area contributed by atoms with Crippen LogP contribution in [0.5, 0.6) is 0 Å². The second-order valence-corrected chi connectivity index (χ2v) is 4.33. The quantitative estimate of drug-likeness (QED) is 0.851. The minimum Gasteiger partial charge on any atom is -0.365 e. The Morgan fingerprint density at radius 2 is 2.27 bits per heavy atom. The summed E-state index contributed by atoms with van der Waals surface area (Å²) in [4.78, 5) is 5.68. The lowest BCUT2D eigenvalue weighted by Gasteiger charge is -2.07. The maximum Gasteiger partial charge on any atom is 0.129 e. The molecule has 0 atom stereocenters. The molecule has 0 saturated heterocycles. The van der Waals surface area contributed by atoms with Gasteiger partial charge in [0.1, 0.15) is 5.82 Å². The van der Waals surface area contributed by atoms with Crippen LogP contribution in [-0.4, -0.2) is 4.98 Å². The summed E-state index contributed by atoms with van der Waals surface area (Å²) in [7, 11) is 0. The van der Waals surface area contributed by atoms with Crippen molar-refractivity contribution in [2.75, 3.05) is 5.32 Å². The van der Waals surface area contributed by atoms with Gasteiger partial charge in [-0.25, -0.2) is 4.98 Å². The van der Waals surface area contributed by atoms with Gasteiger partial charge >= 0.3 is 0 Å². The van der Waals surface area contributed by atoms with E-state index in [1.54, 1.807) is 11.3 Å². The van der Waals surface area contributed by atoms with Gasteiger partial charge in [0, 0.05) is 11.1 Å². The minimum atomic E-state index is 0.863. The molecule has 0 aliphatic heterocycles. The maximum atomic E-state index is 4.34. The average molecular weight is 218 g/mol.